The highest BCUT2D eigenvalue weighted by Gasteiger charge is 2.11. The molecular weight excluding hydrogens is 287 g/mol. The molecule has 8 heteroatoms. The normalized spacial score (nSPS) is 11.3. The van der Waals surface area contributed by atoms with Crippen LogP contribution in [-0.2, 0) is 23.9 Å². The summed E-state index contributed by atoms with van der Waals surface area (Å²) in [6.07, 6.45) is 4.66. The fourth-order valence-electron chi connectivity index (χ4n) is 1.30. The third-order valence-electron chi connectivity index (χ3n) is 2.29. The first-order valence-corrected chi connectivity index (χ1v) is 8.33. The van der Waals surface area contributed by atoms with Crippen LogP contribution in [0.1, 0.15) is 32.1 Å². The van der Waals surface area contributed by atoms with Crippen molar-refractivity contribution in [2.75, 3.05) is 26.0 Å². The molecule has 0 radical (unpaired) electrons. The van der Waals surface area contributed by atoms with Crippen LogP contribution in [0.5, 0.6) is 0 Å². The third-order valence-corrected chi connectivity index (χ3v) is 3.19. The molecule has 2 N–H and O–H groups in total. The minimum absolute atomic E-state index is 0.169. The van der Waals surface area contributed by atoms with Gasteiger partial charge in [0.05, 0.1) is 26.0 Å². The highest BCUT2D eigenvalue weighted by atomic mass is 31.2. The molecule has 0 unspecified atom stereocenters. The molecule has 0 bridgehead atoms. The van der Waals surface area contributed by atoms with E-state index in [1.807, 2.05) is 0 Å². The van der Waals surface area contributed by atoms with Gasteiger partial charge in [-0.05, 0) is 25.7 Å². The van der Waals surface area contributed by atoms with Crippen molar-refractivity contribution in [2.24, 2.45) is 0 Å². The van der Waals surface area contributed by atoms with Crippen LogP contribution in [0.4, 0.5) is 0 Å². The van der Waals surface area contributed by atoms with E-state index in [0.717, 1.165) is 31.8 Å². The van der Waals surface area contributed by atoms with E-state index >= 15 is 0 Å². The van der Waals surface area contributed by atoms with Crippen LogP contribution in [0.25, 0.3) is 0 Å². The number of hydrogen-bond donors (Lipinski definition) is 2. The fraction of sp³-hybridized carbons (Fsp3) is 0.750. The highest BCUT2D eigenvalue weighted by molar-refractivity contribution is 7.51. The molecule has 0 saturated carbocycles. The predicted molar refractivity (Wildman–Crippen MR) is 73.1 cm³/mol. The first-order chi connectivity index (χ1) is 9.45. The average molecular weight is 310 g/mol. The van der Waals surface area contributed by atoms with Crippen molar-refractivity contribution < 1.29 is 33.7 Å². The fourth-order valence-corrected chi connectivity index (χ4v) is 1.84. The molecule has 0 heterocycles. The summed E-state index contributed by atoms with van der Waals surface area (Å²) >= 11 is 0. The van der Waals surface area contributed by atoms with Crippen LogP contribution in [0.3, 0.4) is 0 Å². The number of carbonyl (C=O) groups excluding carboxylic acids is 1. The maximum absolute atomic E-state index is 10.7. The maximum atomic E-state index is 10.7. The Labute approximate surface area is 119 Å². The quantitative estimate of drug-likeness (QED) is 0.133. The Balaban J connectivity index is 3.12. The molecule has 0 rings (SSSR count). The Morgan fingerprint density at radius 3 is 2.10 bits per heavy atom. The Morgan fingerprint density at radius 2 is 1.55 bits per heavy atom. The average Bonchev–Trinajstić information content (AvgIpc) is 2.38. The van der Waals surface area contributed by atoms with Crippen LogP contribution >= 0.6 is 7.60 Å². The molecule has 20 heavy (non-hydrogen) atoms. The second-order valence-corrected chi connectivity index (χ2v) is 5.95. The van der Waals surface area contributed by atoms with Crippen molar-refractivity contribution in [1.29, 1.82) is 0 Å². The van der Waals surface area contributed by atoms with E-state index in [-0.39, 0.29) is 19.2 Å². The first-order valence-electron chi connectivity index (χ1n) is 6.54. The second-order valence-electron chi connectivity index (χ2n) is 4.17. The molecule has 0 aromatic rings. The summed E-state index contributed by atoms with van der Waals surface area (Å²) in [5.74, 6) is -0.406. The summed E-state index contributed by atoms with van der Waals surface area (Å²) in [4.78, 5) is 37.5. The van der Waals surface area contributed by atoms with Gasteiger partial charge in [0.1, 0.15) is 0 Å². The summed E-state index contributed by atoms with van der Waals surface area (Å²) in [6, 6.07) is 0. The molecule has 7 nitrogen and oxygen atoms in total. The van der Waals surface area contributed by atoms with Crippen molar-refractivity contribution in [3.05, 3.63) is 12.7 Å². The van der Waals surface area contributed by atoms with Gasteiger partial charge in [-0.1, -0.05) is 13.0 Å². The molecule has 0 amide bonds. The largest absolute Gasteiger partial charge is 0.463 e. The lowest BCUT2D eigenvalue weighted by Gasteiger charge is -2.05. The minimum atomic E-state index is -3.93. The molecule has 0 aromatic heterocycles. The topological polar surface area (TPSA) is 102 Å². The van der Waals surface area contributed by atoms with Crippen LogP contribution in [0, 0.1) is 0 Å². The zero-order valence-corrected chi connectivity index (χ0v) is 12.4. The summed E-state index contributed by atoms with van der Waals surface area (Å²) in [7, 11) is -3.93. The Hall–Kier alpha value is -0.720. The number of carbonyl (C=O) groups is 1. The van der Waals surface area contributed by atoms with Gasteiger partial charge in [-0.15, -0.1) is 0 Å². The number of unbranched alkanes of at least 4 members (excludes halogenated alkanes) is 3. The molecule has 0 aromatic carbocycles. The van der Waals surface area contributed by atoms with Gasteiger partial charge in [-0.2, -0.15) is 0 Å². The molecule has 0 aliphatic carbocycles. The van der Waals surface area contributed by atoms with Crippen molar-refractivity contribution >= 4 is 13.6 Å². The van der Waals surface area contributed by atoms with Crippen LogP contribution in [0.2, 0.25) is 0 Å². The number of hydrogen-bond acceptors (Lipinski definition) is 5. The van der Waals surface area contributed by atoms with E-state index in [1.54, 1.807) is 0 Å². The lowest BCUT2D eigenvalue weighted by atomic mass is 10.2. The highest BCUT2D eigenvalue weighted by Crippen LogP contribution is 2.34. The van der Waals surface area contributed by atoms with Gasteiger partial charge in [0, 0.05) is 6.08 Å². The second kappa shape index (κ2) is 12.1. The van der Waals surface area contributed by atoms with Gasteiger partial charge in [0.15, 0.2) is 0 Å². The summed E-state index contributed by atoms with van der Waals surface area (Å²) in [6.45, 7) is 4.29. The Morgan fingerprint density at radius 1 is 1.00 bits per heavy atom. The summed E-state index contributed by atoms with van der Waals surface area (Å²) in [5, 5.41) is 0. The van der Waals surface area contributed by atoms with E-state index in [0.29, 0.717) is 13.2 Å². The van der Waals surface area contributed by atoms with E-state index in [4.69, 9.17) is 24.3 Å². The molecule has 0 atom stereocenters. The zero-order chi connectivity index (χ0) is 15.3. The SMILES string of the molecule is C=CC(=O)OCCCCCCOOCCCP(=O)(O)O. The van der Waals surface area contributed by atoms with Gasteiger partial charge < -0.3 is 14.5 Å². The van der Waals surface area contributed by atoms with Gasteiger partial charge in [0.2, 0.25) is 0 Å². The van der Waals surface area contributed by atoms with Crippen molar-refractivity contribution in [3.63, 3.8) is 0 Å². The minimum Gasteiger partial charge on any atom is -0.463 e. The van der Waals surface area contributed by atoms with Crippen molar-refractivity contribution in [2.45, 2.75) is 32.1 Å². The maximum Gasteiger partial charge on any atom is 0.330 e. The summed E-state index contributed by atoms with van der Waals surface area (Å²) in [5.41, 5.74) is 0. The van der Waals surface area contributed by atoms with Crippen molar-refractivity contribution in [3.8, 4) is 0 Å². The van der Waals surface area contributed by atoms with E-state index in [9.17, 15) is 9.36 Å². The van der Waals surface area contributed by atoms with Crippen LogP contribution in [0.15, 0.2) is 12.7 Å². The molecule has 118 valence electrons. The van der Waals surface area contributed by atoms with Gasteiger partial charge in [0.25, 0.3) is 0 Å². The van der Waals surface area contributed by atoms with E-state index in [1.165, 1.54) is 0 Å². The molecule has 0 saturated heterocycles. The lowest BCUT2D eigenvalue weighted by molar-refractivity contribution is -0.294. The molecule has 0 spiro atoms. The molecule has 0 aliphatic rings. The van der Waals surface area contributed by atoms with Crippen LogP contribution < -0.4 is 0 Å². The smallest absolute Gasteiger partial charge is 0.330 e. The van der Waals surface area contributed by atoms with Gasteiger partial charge in [-0.3, -0.25) is 4.57 Å². The van der Waals surface area contributed by atoms with Gasteiger partial charge >= 0.3 is 13.6 Å². The molecule has 0 aliphatic heterocycles. The summed E-state index contributed by atoms with van der Waals surface area (Å²) < 4.78 is 15.3. The number of rotatable bonds is 13. The number of ether oxygens (including phenoxy) is 1. The standard InChI is InChI=1S/C12H23O7P/c1-2-12(13)17-8-5-3-4-6-9-18-19-10-7-11-20(14,15)16/h2H,1,3-11H2,(H2,14,15,16). The third kappa shape index (κ3) is 15.3. The Bertz CT molecular complexity index is 313. The van der Waals surface area contributed by atoms with Gasteiger partial charge in [-0.25, -0.2) is 14.6 Å². The van der Waals surface area contributed by atoms with E-state index < -0.39 is 13.6 Å². The number of esters is 1. The predicted octanol–water partition coefficient (Wildman–Crippen LogP) is 1.79. The lowest BCUT2D eigenvalue weighted by Crippen LogP contribution is -2.02. The molecule has 0 fully saturated rings. The zero-order valence-electron chi connectivity index (χ0n) is 11.5. The molecular formula is C12H23O7P. The monoisotopic (exact) mass is 310 g/mol. The first kappa shape index (κ1) is 19.3. The Kier molecular flexibility index (Phi) is 11.6. The van der Waals surface area contributed by atoms with Crippen LogP contribution in [-0.4, -0.2) is 41.7 Å². The van der Waals surface area contributed by atoms with Crippen molar-refractivity contribution in [1.82, 2.24) is 0 Å². The van der Waals surface area contributed by atoms with E-state index in [2.05, 4.69) is 6.58 Å².